The molecule has 2 aliphatic rings. The van der Waals surface area contributed by atoms with Gasteiger partial charge in [0, 0.05) is 13.1 Å². The van der Waals surface area contributed by atoms with Crippen LogP contribution in [0.4, 0.5) is 0 Å². The molecule has 2 heterocycles. The van der Waals surface area contributed by atoms with Crippen LogP contribution in [0.15, 0.2) is 24.4 Å². The topological polar surface area (TPSA) is 82.3 Å². The molecule has 0 spiro atoms. The summed E-state index contributed by atoms with van der Waals surface area (Å²) in [7, 11) is 0. The van der Waals surface area contributed by atoms with Gasteiger partial charge in [0.1, 0.15) is 6.04 Å². The van der Waals surface area contributed by atoms with Crippen LogP contribution in [0, 0.1) is 0 Å². The zero-order valence-corrected chi connectivity index (χ0v) is 12.2. The molecule has 116 valence electrons. The summed E-state index contributed by atoms with van der Waals surface area (Å²) in [6.07, 6.45) is 11.2. The van der Waals surface area contributed by atoms with E-state index < -0.39 is 0 Å². The van der Waals surface area contributed by atoms with Crippen LogP contribution in [0.5, 0.6) is 0 Å². The SMILES string of the molecule is O=C(NCCCNC(=O)C1CCCCN1)C1C=CC=CN1. The Kier molecular flexibility index (Phi) is 6.27. The first kappa shape index (κ1) is 15.6. The number of piperidine rings is 1. The van der Waals surface area contributed by atoms with Crippen molar-refractivity contribution in [3.63, 3.8) is 0 Å². The van der Waals surface area contributed by atoms with Crippen molar-refractivity contribution in [2.75, 3.05) is 19.6 Å². The Bertz CT molecular complexity index is 414. The van der Waals surface area contributed by atoms with Gasteiger partial charge < -0.3 is 21.3 Å². The van der Waals surface area contributed by atoms with Gasteiger partial charge in [-0.25, -0.2) is 0 Å². The van der Waals surface area contributed by atoms with E-state index in [1.807, 2.05) is 18.2 Å². The lowest BCUT2D eigenvalue weighted by molar-refractivity contribution is -0.123. The van der Waals surface area contributed by atoms with Crippen LogP contribution in [0.2, 0.25) is 0 Å². The number of dihydropyridines is 1. The van der Waals surface area contributed by atoms with Crippen molar-refractivity contribution >= 4 is 11.8 Å². The number of carbonyl (C=O) groups excluding carboxylic acids is 2. The summed E-state index contributed by atoms with van der Waals surface area (Å²) in [6, 6.07) is -0.340. The van der Waals surface area contributed by atoms with E-state index in [4.69, 9.17) is 0 Å². The van der Waals surface area contributed by atoms with Gasteiger partial charge in [0.05, 0.1) is 6.04 Å². The van der Waals surface area contributed by atoms with E-state index in [1.165, 1.54) is 0 Å². The molecule has 1 saturated heterocycles. The van der Waals surface area contributed by atoms with Crippen molar-refractivity contribution in [1.82, 2.24) is 21.3 Å². The predicted molar refractivity (Wildman–Crippen MR) is 81.5 cm³/mol. The monoisotopic (exact) mass is 292 g/mol. The number of rotatable bonds is 6. The number of nitrogens with one attached hydrogen (secondary N) is 4. The molecule has 6 nitrogen and oxygen atoms in total. The first-order valence-corrected chi connectivity index (χ1v) is 7.65. The number of amides is 2. The second-order valence-corrected chi connectivity index (χ2v) is 5.33. The fourth-order valence-electron chi connectivity index (χ4n) is 2.43. The van der Waals surface area contributed by atoms with Crippen molar-refractivity contribution in [3.8, 4) is 0 Å². The Labute approximate surface area is 125 Å². The number of allylic oxidation sites excluding steroid dienone is 2. The van der Waals surface area contributed by atoms with Gasteiger partial charge in [-0.15, -0.1) is 0 Å². The fraction of sp³-hybridized carbons (Fsp3) is 0.600. The first-order chi connectivity index (χ1) is 10.3. The van der Waals surface area contributed by atoms with Gasteiger partial charge in [-0.1, -0.05) is 18.6 Å². The summed E-state index contributed by atoms with van der Waals surface area (Å²) in [5.41, 5.74) is 0. The lowest BCUT2D eigenvalue weighted by atomic mass is 10.0. The van der Waals surface area contributed by atoms with E-state index in [2.05, 4.69) is 21.3 Å². The van der Waals surface area contributed by atoms with Crippen molar-refractivity contribution in [3.05, 3.63) is 24.4 Å². The molecule has 0 aromatic carbocycles. The van der Waals surface area contributed by atoms with Crippen LogP contribution in [-0.2, 0) is 9.59 Å². The largest absolute Gasteiger partial charge is 0.377 e. The van der Waals surface area contributed by atoms with Crippen molar-refractivity contribution < 1.29 is 9.59 Å². The van der Waals surface area contributed by atoms with E-state index in [1.54, 1.807) is 6.20 Å². The second kappa shape index (κ2) is 8.46. The molecular formula is C15H24N4O2. The minimum absolute atomic E-state index is 0.0447. The van der Waals surface area contributed by atoms with E-state index >= 15 is 0 Å². The summed E-state index contributed by atoms with van der Waals surface area (Å²) in [5.74, 6) is 0.0268. The standard InChI is InChI=1S/C15H24N4O2/c20-14(12-6-1-3-8-16-12)18-10-5-11-19-15(21)13-7-2-4-9-17-13/h1,3,6,8,12-13,16-17H,2,4-5,7,9-11H2,(H,18,20)(H,19,21). The molecule has 4 N–H and O–H groups in total. The molecule has 0 aliphatic carbocycles. The normalized spacial score (nSPS) is 24.2. The van der Waals surface area contributed by atoms with Gasteiger partial charge in [-0.3, -0.25) is 9.59 Å². The Balaban J connectivity index is 1.53. The van der Waals surface area contributed by atoms with Crippen molar-refractivity contribution in [2.45, 2.75) is 37.8 Å². The third kappa shape index (κ3) is 5.23. The molecule has 1 fully saturated rings. The van der Waals surface area contributed by atoms with Gasteiger partial charge >= 0.3 is 0 Å². The highest BCUT2D eigenvalue weighted by Gasteiger charge is 2.19. The zero-order chi connectivity index (χ0) is 14.9. The molecule has 2 atom stereocenters. The van der Waals surface area contributed by atoms with Crippen LogP contribution in [-0.4, -0.2) is 43.5 Å². The van der Waals surface area contributed by atoms with E-state index in [0.717, 1.165) is 32.2 Å². The quantitative estimate of drug-likeness (QED) is 0.511. The molecule has 0 saturated carbocycles. The molecule has 2 amide bonds. The molecule has 0 aromatic heterocycles. The molecule has 2 unspecified atom stereocenters. The lowest BCUT2D eigenvalue weighted by Crippen LogP contribution is -2.47. The maximum atomic E-state index is 11.9. The molecule has 2 aliphatic heterocycles. The van der Waals surface area contributed by atoms with Crippen LogP contribution >= 0.6 is 0 Å². The van der Waals surface area contributed by atoms with Crippen LogP contribution in [0.25, 0.3) is 0 Å². The highest BCUT2D eigenvalue weighted by atomic mass is 16.2. The Hall–Kier alpha value is -1.82. The average Bonchev–Trinajstić information content (AvgIpc) is 2.55. The highest BCUT2D eigenvalue weighted by Crippen LogP contribution is 2.06. The lowest BCUT2D eigenvalue weighted by Gasteiger charge is -2.22. The maximum absolute atomic E-state index is 11.9. The number of hydrogen-bond acceptors (Lipinski definition) is 4. The summed E-state index contributed by atoms with van der Waals surface area (Å²) in [4.78, 5) is 23.6. The van der Waals surface area contributed by atoms with Crippen molar-refractivity contribution in [2.24, 2.45) is 0 Å². The third-order valence-electron chi connectivity index (χ3n) is 3.65. The van der Waals surface area contributed by atoms with Gasteiger partial charge in [-0.2, -0.15) is 0 Å². The summed E-state index contributed by atoms with van der Waals surface area (Å²) < 4.78 is 0. The molecule has 0 radical (unpaired) electrons. The van der Waals surface area contributed by atoms with Crippen LogP contribution in [0.1, 0.15) is 25.7 Å². The molecule has 21 heavy (non-hydrogen) atoms. The van der Waals surface area contributed by atoms with Gasteiger partial charge in [0.2, 0.25) is 11.8 Å². The predicted octanol–water partition coefficient (Wildman–Crippen LogP) is -0.207. The Morgan fingerprint density at radius 1 is 1.10 bits per heavy atom. The minimum Gasteiger partial charge on any atom is -0.377 e. The molecule has 6 heteroatoms. The Morgan fingerprint density at radius 3 is 2.57 bits per heavy atom. The second-order valence-electron chi connectivity index (χ2n) is 5.33. The molecule has 2 rings (SSSR count). The summed E-state index contributed by atoms with van der Waals surface area (Å²) in [6.45, 7) is 2.07. The third-order valence-corrected chi connectivity index (χ3v) is 3.65. The van der Waals surface area contributed by atoms with Gasteiger partial charge in [0.25, 0.3) is 0 Å². The Morgan fingerprint density at radius 2 is 1.90 bits per heavy atom. The minimum atomic E-state index is -0.295. The summed E-state index contributed by atoms with van der Waals surface area (Å²) >= 11 is 0. The zero-order valence-electron chi connectivity index (χ0n) is 12.2. The van der Waals surface area contributed by atoms with Crippen LogP contribution in [0.3, 0.4) is 0 Å². The van der Waals surface area contributed by atoms with Crippen LogP contribution < -0.4 is 21.3 Å². The fourth-order valence-corrected chi connectivity index (χ4v) is 2.43. The van der Waals surface area contributed by atoms with Gasteiger partial charge in [-0.05, 0) is 38.1 Å². The smallest absolute Gasteiger partial charge is 0.246 e. The maximum Gasteiger partial charge on any atom is 0.246 e. The first-order valence-electron chi connectivity index (χ1n) is 7.65. The van der Waals surface area contributed by atoms with E-state index in [9.17, 15) is 9.59 Å². The van der Waals surface area contributed by atoms with Crippen molar-refractivity contribution in [1.29, 1.82) is 0 Å². The van der Waals surface area contributed by atoms with E-state index in [0.29, 0.717) is 13.1 Å². The highest BCUT2D eigenvalue weighted by molar-refractivity contribution is 5.84. The molecule has 0 aromatic rings. The molecule has 0 bridgehead atoms. The molecular weight excluding hydrogens is 268 g/mol. The number of carbonyl (C=O) groups is 2. The number of hydrogen-bond donors (Lipinski definition) is 4. The average molecular weight is 292 g/mol. The van der Waals surface area contributed by atoms with E-state index in [-0.39, 0.29) is 23.9 Å². The van der Waals surface area contributed by atoms with Gasteiger partial charge in [0.15, 0.2) is 0 Å². The summed E-state index contributed by atoms with van der Waals surface area (Å²) in [5, 5.41) is 11.9.